The average Bonchev–Trinajstić information content (AvgIpc) is 2.68. The maximum atomic E-state index is 12.6. The van der Waals surface area contributed by atoms with Gasteiger partial charge >= 0.3 is 0 Å². The molecule has 0 bridgehead atoms. The molecule has 164 valence electrons. The Hall–Kier alpha value is -2.54. The fraction of sp³-hybridized carbons (Fsp3) is 0.435. The van der Waals surface area contributed by atoms with Crippen LogP contribution in [-0.4, -0.2) is 39.8 Å². The van der Waals surface area contributed by atoms with Gasteiger partial charge in [-0.1, -0.05) is 31.5 Å². The van der Waals surface area contributed by atoms with E-state index in [2.05, 4.69) is 12.2 Å². The molecule has 0 aromatic heterocycles. The summed E-state index contributed by atoms with van der Waals surface area (Å²) in [5, 5.41) is 2.76. The van der Waals surface area contributed by atoms with Gasteiger partial charge in [-0.2, -0.15) is 0 Å². The minimum absolute atomic E-state index is 0.282. The highest BCUT2D eigenvalue weighted by Gasteiger charge is 2.29. The maximum absolute atomic E-state index is 12.6. The molecule has 0 fully saturated rings. The molecule has 0 aliphatic rings. The van der Waals surface area contributed by atoms with Gasteiger partial charge in [-0.15, -0.1) is 0 Å². The van der Waals surface area contributed by atoms with Gasteiger partial charge in [0, 0.05) is 0 Å². The number of nitrogens with one attached hydrogen (secondary N) is 1. The summed E-state index contributed by atoms with van der Waals surface area (Å²) in [7, 11) is -3.63. The maximum Gasteiger partial charge on any atom is 0.243 e. The van der Waals surface area contributed by atoms with Gasteiger partial charge in [-0.05, 0) is 68.1 Å². The smallest absolute Gasteiger partial charge is 0.243 e. The fourth-order valence-electron chi connectivity index (χ4n) is 3.20. The van der Waals surface area contributed by atoms with Gasteiger partial charge in [-0.3, -0.25) is 9.10 Å². The van der Waals surface area contributed by atoms with E-state index in [4.69, 9.17) is 4.74 Å². The first-order valence-corrected chi connectivity index (χ1v) is 12.0. The van der Waals surface area contributed by atoms with Crippen molar-refractivity contribution in [2.45, 2.75) is 46.6 Å². The average molecular weight is 433 g/mol. The van der Waals surface area contributed by atoms with Gasteiger partial charge < -0.3 is 10.1 Å². The van der Waals surface area contributed by atoms with Crippen LogP contribution in [0.4, 0.5) is 5.69 Å². The number of benzene rings is 2. The lowest BCUT2D eigenvalue weighted by molar-refractivity contribution is -0.121. The van der Waals surface area contributed by atoms with E-state index in [0.717, 1.165) is 40.3 Å². The number of ether oxygens (including phenoxy) is 1. The number of sulfonamides is 1. The molecule has 30 heavy (non-hydrogen) atoms. The molecule has 0 saturated carbocycles. The zero-order valence-electron chi connectivity index (χ0n) is 18.4. The van der Waals surface area contributed by atoms with Gasteiger partial charge in [0.2, 0.25) is 15.9 Å². The second-order valence-electron chi connectivity index (χ2n) is 7.54. The van der Waals surface area contributed by atoms with E-state index >= 15 is 0 Å². The normalized spacial score (nSPS) is 12.3. The van der Waals surface area contributed by atoms with E-state index in [1.165, 1.54) is 5.56 Å². The summed E-state index contributed by atoms with van der Waals surface area (Å²) in [5.41, 5.74) is 3.77. The minimum atomic E-state index is -3.63. The molecule has 6 nitrogen and oxygen atoms in total. The van der Waals surface area contributed by atoms with Gasteiger partial charge in [0.1, 0.15) is 18.4 Å². The Labute approximate surface area is 180 Å². The number of carbonyl (C=O) groups is 1. The number of anilines is 1. The van der Waals surface area contributed by atoms with E-state index in [1.54, 1.807) is 19.1 Å². The first-order chi connectivity index (χ1) is 14.1. The quantitative estimate of drug-likeness (QED) is 0.582. The van der Waals surface area contributed by atoms with Crippen molar-refractivity contribution < 1.29 is 17.9 Å². The van der Waals surface area contributed by atoms with Crippen LogP contribution < -0.4 is 14.4 Å². The number of hydrogen-bond acceptors (Lipinski definition) is 4. The molecule has 0 aliphatic carbocycles. The van der Waals surface area contributed by atoms with Crippen LogP contribution in [0.15, 0.2) is 42.5 Å². The Morgan fingerprint density at radius 3 is 2.33 bits per heavy atom. The summed E-state index contributed by atoms with van der Waals surface area (Å²) in [6, 6.07) is 12.4. The molecular weight excluding hydrogens is 400 g/mol. The third kappa shape index (κ3) is 6.49. The van der Waals surface area contributed by atoms with E-state index in [-0.39, 0.29) is 12.5 Å². The molecule has 2 rings (SSSR count). The van der Waals surface area contributed by atoms with Crippen LogP contribution in [-0.2, 0) is 21.2 Å². The molecule has 2 aromatic rings. The van der Waals surface area contributed by atoms with Gasteiger partial charge in [0.25, 0.3) is 0 Å². The third-order valence-corrected chi connectivity index (χ3v) is 6.21. The van der Waals surface area contributed by atoms with Gasteiger partial charge in [0.15, 0.2) is 0 Å². The molecule has 7 heteroatoms. The first kappa shape index (κ1) is 23.7. The monoisotopic (exact) mass is 432 g/mol. The summed E-state index contributed by atoms with van der Waals surface area (Å²) < 4.78 is 31.6. The van der Waals surface area contributed by atoms with Crippen molar-refractivity contribution in [2.24, 2.45) is 0 Å². The molecule has 0 heterocycles. The number of carbonyl (C=O) groups excluding carboxylic acids is 1. The summed E-state index contributed by atoms with van der Waals surface area (Å²) >= 11 is 0. The molecule has 0 spiro atoms. The molecule has 0 aliphatic heterocycles. The third-order valence-electron chi connectivity index (χ3n) is 4.97. The van der Waals surface area contributed by atoms with E-state index in [9.17, 15) is 13.2 Å². The van der Waals surface area contributed by atoms with Crippen molar-refractivity contribution in [2.75, 3.05) is 23.7 Å². The SMILES string of the molecule is CCCc1ccc(OCCNC(=O)[C@@H](C)N(c2ccc(C)c(C)c2)S(C)(=O)=O)cc1. The van der Waals surface area contributed by atoms with Crippen LogP contribution in [0.5, 0.6) is 5.75 Å². The molecular formula is C23H32N2O4S. The van der Waals surface area contributed by atoms with Gasteiger partial charge in [-0.25, -0.2) is 8.42 Å². The van der Waals surface area contributed by atoms with Crippen LogP contribution in [0.2, 0.25) is 0 Å². The number of rotatable bonds is 10. The summed E-state index contributed by atoms with van der Waals surface area (Å²) in [6.07, 6.45) is 3.24. The lowest BCUT2D eigenvalue weighted by Crippen LogP contribution is -2.48. The first-order valence-electron chi connectivity index (χ1n) is 10.2. The minimum Gasteiger partial charge on any atom is -0.492 e. The highest BCUT2D eigenvalue weighted by molar-refractivity contribution is 7.92. The summed E-state index contributed by atoms with van der Waals surface area (Å²) in [5.74, 6) is 0.366. The molecule has 1 amide bonds. The number of nitrogens with zero attached hydrogens (tertiary/aromatic N) is 1. The van der Waals surface area contributed by atoms with Gasteiger partial charge in [0.05, 0.1) is 18.5 Å². The molecule has 0 unspecified atom stereocenters. The van der Waals surface area contributed by atoms with E-state index in [0.29, 0.717) is 12.3 Å². The zero-order valence-corrected chi connectivity index (χ0v) is 19.3. The topological polar surface area (TPSA) is 75.7 Å². The Bertz CT molecular complexity index is 956. The summed E-state index contributed by atoms with van der Waals surface area (Å²) in [6.45, 7) is 8.17. The van der Waals surface area contributed by atoms with Crippen LogP contribution in [0.3, 0.4) is 0 Å². The number of hydrogen-bond donors (Lipinski definition) is 1. The van der Waals surface area contributed by atoms with Crippen LogP contribution in [0.1, 0.15) is 37.0 Å². The zero-order chi connectivity index (χ0) is 22.3. The van der Waals surface area contributed by atoms with E-state index in [1.807, 2.05) is 44.2 Å². The summed E-state index contributed by atoms with van der Waals surface area (Å²) in [4.78, 5) is 12.6. The van der Waals surface area contributed by atoms with Crippen molar-refractivity contribution in [1.82, 2.24) is 5.32 Å². The molecule has 1 atom stereocenters. The predicted molar refractivity (Wildman–Crippen MR) is 122 cm³/mol. The standard InChI is InChI=1S/C23H32N2O4S/c1-6-7-20-9-12-22(13-10-20)29-15-14-24-23(26)19(4)25(30(5,27)28)21-11-8-17(2)18(3)16-21/h8-13,16,19H,6-7,14-15H2,1-5H3,(H,24,26)/t19-/m1/s1. The lowest BCUT2D eigenvalue weighted by atomic mass is 10.1. The molecule has 1 N–H and O–H groups in total. The van der Waals surface area contributed by atoms with Crippen molar-refractivity contribution >= 4 is 21.6 Å². The largest absolute Gasteiger partial charge is 0.492 e. The van der Waals surface area contributed by atoms with Crippen molar-refractivity contribution in [3.63, 3.8) is 0 Å². The van der Waals surface area contributed by atoms with Crippen molar-refractivity contribution in [3.05, 3.63) is 59.2 Å². The van der Waals surface area contributed by atoms with Crippen molar-refractivity contribution in [1.29, 1.82) is 0 Å². The number of aryl methyl sites for hydroxylation is 3. The predicted octanol–water partition coefficient (Wildman–Crippen LogP) is 3.61. The van der Waals surface area contributed by atoms with Crippen LogP contribution in [0, 0.1) is 13.8 Å². The Morgan fingerprint density at radius 1 is 1.10 bits per heavy atom. The Balaban J connectivity index is 1.96. The molecule has 2 aromatic carbocycles. The van der Waals surface area contributed by atoms with Crippen LogP contribution in [0.25, 0.3) is 0 Å². The molecule has 0 radical (unpaired) electrons. The Kier molecular flexibility index (Phi) is 8.29. The molecule has 0 saturated heterocycles. The second kappa shape index (κ2) is 10.5. The number of amides is 1. The Morgan fingerprint density at radius 2 is 1.77 bits per heavy atom. The van der Waals surface area contributed by atoms with Crippen molar-refractivity contribution in [3.8, 4) is 5.75 Å². The second-order valence-corrected chi connectivity index (χ2v) is 9.40. The highest BCUT2D eigenvalue weighted by atomic mass is 32.2. The van der Waals surface area contributed by atoms with Crippen LogP contribution >= 0.6 is 0 Å². The highest BCUT2D eigenvalue weighted by Crippen LogP contribution is 2.23. The lowest BCUT2D eigenvalue weighted by Gasteiger charge is -2.28. The van der Waals surface area contributed by atoms with E-state index < -0.39 is 16.1 Å². The fourth-order valence-corrected chi connectivity index (χ4v) is 4.37.